The minimum Gasteiger partial charge on any atom is -0.399 e. The molecule has 0 aliphatic heterocycles. The van der Waals surface area contributed by atoms with E-state index in [-0.39, 0.29) is 18.3 Å². The molecule has 1 aliphatic rings. The first-order valence-corrected chi connectivity index (χ1v) is 7.70. The zero-order valence-corrected chi connectivity index (χ0v) is 13.8. The summed E-state index contributed by atoms with van der Waals surface area (Å²) in [4.78, 5) is 12.2. The van der Waals surface area contributed by atoms with Crippen LogP contribution < -0.4 is 11.1 Å². The highest BCUT2D eigenvalue weighted by molar-refractivity contribution is 5.96. The summed E-state index contributed by atoms with van der Waals surface area (Å²) in [5.74, 6) is 1.63. The minimum atomic E-state index is -0.00124. The summed E-state index contributed by atoms with van der Waals surface area (Å²) in [5.41, 5.74) is 8.06. The number of anilines is 1. The van der Waals surface area contributed by atoms with Crippen LogP contribution in [0.4, 0.5) is 5.69 Å². The van der Waals surface area contributed by atoms with E-state index in [1.807, 2.05) is 19.1 Å². The average molecular weight is 311 g/mol. The number of benzene rings is 1. The number of nitrogens with two attached hydrogens (primary N) is 1. The van der Waals surface area contributed by atoms with Crippen molar-refractivity contribution in [2.45, 2.75) is 46.0 Å². The van der Waals surface area contributed by atoms with Crippen LogP contribution in [-0.4, -0.2) is 12.5 Å². The zero-order valence-electron chi connectivity index (χ0n) is 13.0. The zero-order chi connectivity index (χ0) is 14.5. The Kier molecular flexibility index (Phi) is 7.03. The number of nitrogen functional groups attached to an aromatic ring is 1. The van der Waals surface area contributed by atoms with Gasteiger partial charge in [0.05, 0.1) is 0 Å². The number of carbonyl (C=O) groups is 1. The van der Waals surface area contributed by atoms with Gasteiger partial charge in [-0.25, -0.2) is 0 Å². The third kappa shape index (κ3) is 5.24. The number of rotatable bonds is 4. The molecule has 0 bridgehead atoms. The summed E-state index contributed by atoms with van der Waals surface area (Å²) in [7, 11) is 0. The lowest BCUT2D eigenvalue weighted by molar-refractivity contribution is 0.0949. The Balaban J connectivity index is 0.00000220. The maximum Gasteiger partial charge on any atom is 0.251 e. The number of hydrogen-bond donors (Lipinski definition) is 2. The molecule has 2 atom stereocenters. The fourth-order valence-electron chi connectivity index (χ4n) is 3.19. The first-order valence-electron chi connectivity index (χ1n) is 7.70. The van der Waals surface area contributed by atoms with Gasteiger partial charge in [-0.15, -0.1) is 12.4 Å². The van der Waals surface area contributed by atoms with Crippen molar-refractivity contribution in [1.82, 2.24) is 5.32 Å². The molecule has 3 N–H and O–H groups in total. The van der Waals surface area contributed by atoms with Crippen molar-refractivity contribution in [3.63, 3.8) is 0 Å². The van der Waals surface area contributed by atoms with E-state index in [1.54, 1.807) is 6.07 Å². The largest absolute Gasteiger partial charge is 0.399 e. The molecule has 0 spiro atoms. The number of hydrogen-bond acceptors (Lipinski definition) is 2. The smallest absolute Gasteiger partial charge is 0.251 e. The van der Waals surface area contributed by atoms with Crippen molar-refractivity contribution < 1.29 is 4.79 Å². The lowest BCUT2D eigenvalue weighted by Crippen LogP contribution is -2.27. The van der Waals surface area contributed by atoms with Crippen LogP contribution in [0.1, 0.15) is 54.9 Å². The third-order valence-corrected chi connectivity index (χ3v) is 4.39. The fraction of sp³-hybridized carbons (Fsp3) is 0.588. The molecule has 0 saturated heterocycles. The number of carbonyl (C=O) groups excluding carboxylic acids is 1. The lowest BCUT2D eigenvalue weighted by atomic mass is 9.81. The molecular weight excluding hydrogens is 284 g/mol. The van der Waals surface area contributed by atoms with Gasteiger partial charge >= 0.3 is 0 Å². The molecule has 0 heterocycles. The molecule has 1 saturated carbocycles. The number of aryl methyl sites for hydroxylation is 1. The van der Waals surface area contributed by atoms with Gasteiger partial charge in [0.2, 0.25) is 0 Å². The monoisotopic (exact) mass is 310 g/mol. The van der Waals surface area contributed by atoms with E-state index in [2.05, 4.69) is 12.2 Å². The van der Waals surface area contributed by atoms with Gasteiger partial charge in [0.15, 0.2) is 0 Å². The van der Waals surface area contributed by atoms with E-state index < -0.39 is 0 Å². The lowest BCUT2D eigenvalue weighted by Gasteiger charge is -2.26. The molecule has 21 heavy (non-hydrogen) atoms. The Morgan fingerprint density at radius 2 is 2.14 bits per heavy atom. The van der Waals surface area contributed by atoms with E-state index >= 15 is 0 Å². The number of amides is 1. The molecule has 2 rings (SSSR count). The molecule has 1 aromatic carbocycles. The summed E-state index contributed by atoms with van der Waals surface area (Å²) in [6, 6.07) is 5.48. The predicted octanol–water partition coefficient (Wildman–Crippen LogP) is 3.95. The summed E-state index contributed by atoms with van der Waals surface area (Å²) < 4.78 is 0. The van der Waals surface area contributed by atoms with Gasteiger partial charge in [-0.1, -0.05) is 32.3 Å². The Morgan fingerprint density at radius 1 is 1.38 bits per heavy atom. The number of halogens is 1. The molecule has 1 amide bonds. The Morgan fingerprint density at radius 3 is 2.86 bits per heavy atom. The van der Waals surface area contributed by atoms with E-state index in [9.17, 15) is 4.79 Å². The van der Waals surface area contributed by atoms with Crippen molar-refractivity contribution in [3.05, 3.63) is 29.3 Å². The van der Waals surface area contributed by atoms with Gasteiger partial charge in [0.1, 0.15) is 0 Å². The molecule has 1 fully saturated rings. The van der Waals surface area contributed by atoms with Crippen LogP contribution in [0.3, 0.4) is 0 Å². The molecular formula is C17H27ClN2O. The quantitative estimate of drug-likeness (QED) is 0.827. The maximum absolute atomic E-state index is 12.2. The number of nitrogens with one attached hydrogen (secondary N) is 1. The molecule has 4 heteroatoms. The SMILES string of the molecule is Cc1ccc(N)cc1C(=O)NCCC1CCCC(C)C1.Cl. The van der Waals surface area contributed by atoms with Crippen LogP contribution in [0.5, 0.6) is 0 Å². The highest BCUT2D eigenvalue weighted by Gasteiger charge is 2.18. The van der Waals surface area contributed by atoms with E-state index in [0.717, 1.165) is 30.4 Å². The van der Waals surface area contributed by atoms with Gasteiger partial charge in [0, 0.05) is 17.8 Å². The normalized spacial score (nSPS) is 21.4. The molecule has 118 valence electrons. The van der Waals surface area contributed by atoms with Crippen molar-refractivity contribution >= 4 is 24.0 Å². The van der Waals surface area contributed by atoms with Crippen LogP contribution in [0.15, 0.2) is 18.2 Å². The molecule has 1 aromatic rings. The average Bonchev–Trinajstić information content (AvgIpc) is 2.41. The van der Waals surface area contributed by atoms with Crippen molar-refractivity contribution in [3.8, 4) is 0 Å². The second kappa shape index (κ2) is 8.28. The highest BCUT2D eigenvalue weighted by atomic mass is 35.5. The third-order valence-electron chi connectivity index (χ3n) is 4.39. The summed E-state index contributed by atoms with van der Waals surface area (Å²) >= 11 is 0. The summed E-state index contributed by atoms with van der Waals surface area (Å²) in [5, 5.41) is 3.03. The van der Waals surface area contributed by atoms with Crippen LogP contribution in [0, 0.1) is 18.8 Å². The molecule has 0 aromatic heterocycles. The predicted molar refractivity (Wildman–Crippen MR) is 90.9 cm³/mol. The molecule has 0 radical (unpaired) electrons. The van der Waals surface area contributed by atoms with Gasteiger partial charge in [0.25, 0.3) is 5.91 Å². The molecule has 2 unspecified atom stereocenters. The summed E-state index contributed by atoms with van der Waals surface area (Å²) in [6.45, 7) is 5.04. The van der Waals surface area contributed by atoms with E-state index in [0.29, 0.717) is 11.3 Å². The Bertz CT molecular complexity index is 476. The van der Waals surface area contributed by atoms with Gasteiger partial charge in [-0.2, -0.15) is 0 Å². The van der Waals surface area contributed by atoms with Crippen LogP contribution >= 0.6 is 12.4 Å². The van der Waals surface area contributed by atoms with Gasteiger partial charge < -0.3 is 11.1 Å². The Hall–Kier alpha value is -1.22. The van der Waals surface area contributed by atoms with Crippen LogP contribution in [-0.2, 0) is 0 Å². The van der Waals surface area contributed by atoms with Gasteiger partial charge in [-0.3, -0.25) is 4.79 Å². The second-order valence-corrected chi connectivity index (χ2v) is 6.26. The standard InChI is InChI=1S/C17H26N2O.ClH/c1-12-4-3-5-14(10-12)8-9-19-17(20)16-11-15(18)7-6-13(16)2;/h6-7,11-12,14H,3-5,8-10,18H2,1-2H3,(H,19,20);1H. The van der Waals surface area contributed by atoms with Crippen LogP contribution in [0.2, 0.25) is 0 Å². The van der Waals surface area contributed by atoms with Gasteiger partial charge in [-0.05, 0) is 49.3 Å². The van der Waals surface area contributed by atoms with E-state index in [1.165, 1.54) is 25.7 Å². The topological polar surface area (TPSA) is 55.1 Å². The maximum atomic E-state index is 12.2. The first-order chi connectivity index (χ1) is 9.56. The second-order valence-electron chi connectivity index (χ2n) is 6.26. The Labute approximate surface area is 134 Å². The first kappa shape index (κ1) is 17.8. The molecule has 1 aliphatic carbocycles. The summed E-state index contributed by atoms with van der Waals surface area (Å²) in [6.07, 6.45) is 6.43. The van der Waals surface area contributed by atoms with Crippen molar-refractivity contribution in [2.75, 3.05) is 12.3 Å². The van der Waals surface area contributed by atoms with Crippen molar-refractivity contribution in [2.24, 2.45) is 11.8 Å². The van der Waals surface area contributed by atoms with Crippen LogP contribution in [0.25, 0.3) is 0 Å². The van der Waals surface area contributed by atoms with E-state index in [4.69, 9.17) is 5.73 Å². The van der Waals surface area contributed by atoms with Crippen molar-refractivity contribution in [1.29, 1.82) is 0 Å². The fourth-order valence-corrected chi connectivity index (χ4v) is 3.19. The minimum absolute atomic E-state index is 0. The molecule has 3 nitrogen and oxygen atoms in total. The highest BCUT2D eigenvalue weighted by Crippen LogP contribution is 2.30.